The van der Waals surface area contributed by atoms with Gasteiger partial charge in [-0.25, -0.2) is 8.78 Å². The van der Waals surface area contributed by atoms with E-state index < -0.39 is 11.2 Å². The molecule has 0 amide bonds. The van der Waals surface area contributed by atoms with Crippen LogP contribution >= 0.6 is 0 Å². The van der Waals surface area contributed by atoms with E-state index in [1.54, 1.807) is 42.7 Å². The largest absolute Gasteiger partial charge is 0.453 e. The fourth-order valence-corrected chi connectivity index (χ4v) is 5.10. The average molecular weight is 554 g/mol. The molecule has 2 aromatic carbocycles. The Balaban J connectivity index is 1.17. The van der Waals surface area contributed by atoms with E-state index in [1.165, 1.54) is 24.3 Å². The lowest BCUT2D eigenvalue weighted by molar-refractivity contribution is -0.133. The van der Waals surface area contributed by atoms with Gasteiger partial charge in [0.05, 0.1) is 33.3 Å². The second-order valence-corrected chi connectivity index (χ2v) is 10.4. The van der Waals surface area contributed by atoms with Crippen molar-refractivity contribution in [1.82, 2.24) is 15.1 Å². The Kier molecular flexibility index (Phi) is 6.65. The zero-order chi connectivity index (χ0) is 28.7. The molecule has 7 nitrogen and oxygen atoms in total. The number of ketones is 2. The van der Waals surface area contributed by atoms with Gasteiger partial charge in [0.15, 0.2) is 23.1 Å². The minimum absolute atomic E-state index is 0.0166. The van der Waals surface area contributed by atoms with E-state index in [0.717, 1.165) is 5.56 Å². The standard InChI is InChI=1S/C32H25F2N3O4/c1-18-31(19(2)41-37-18)26-16-25-23(17-36-26)27(9-12-35-25)40-28-8-5-21(13-24(28)34)15-30(39)32(10-11-32)29(38)14-20-3-6-22(33)7-4-20/h3-9,12-13,16-17H,10-11,14-15H2,1-2H3. The van der Waals surface area contributed by atoms with E-state index in [2.05, 4.69) is 15.1 Å². The second kappa shape index (κ2) is 10.3. The molecule has 0 spiro atoms. The molecule has 3 aromatic heterocycles. The van der Waals surface area contributed by atoms with Gasteiger partial charge in [-0.3, -0.25) is 19.6 Å². The molecule has 1 aliphatic rings. The first-order valence-corrected chi connectivity index (χ1v) is 13.2. The quantitative estimate of drug-likeness (QED) is 0.188. The number of pyridine rings is 2. The maximum absolute atomic E-state index is 15.1. The molecule has 0 atom stereocenters. The molecule has 0 aliphatic heterocycles. The van der Waals surface area contributed by atoms with Crippen molar-refractivity contribution in [2.24, 2.45) is 5.41 Å². The van der Waals surface area contributed by atoms with Crippen molar-refractivity contribution in [1.29, 1.82) is 0 Å². The highest BCUT2D eigenvalue weighted by atomic mass is 19.1. The van der Waals surface area contributed by atoms with Crippen molar-refractivity contribution in [3.63, 3.8) is 0 Å². The van der Waals surface area contributed by atoms with Crippen LogP contribution < -0.4 is 4.74 Å². The zero-order valence-corrected chi connectivity index (χ0v) is 22.4. The Morgan fingerprint density at radius 2 is 1.61 bits per heavy atom. The van der Waals surface area contributed by atoms with E-state index >= 15 is 4.39 Å². The number of fused-ring (bicyclic) bond motifs is 1. The summed E-state index contributed by atoms with van der Waals surface area (Å²) in [5.41, 5.74) is 2.82. The first-order valence-electron chi connectivity index (χ1n) is 13.2. The number of carbonyl (C=O) groups excluding carboxylic acids is 2. The van der Waals surface area contributed by atoms with Crippen LogP contribution in [-0.2, 0) is 22.4 Å². The highest BCUT2D eigenvalue weighted by Crippen LogP contribution is 2.49. The van der Waals surface area contributed by atoms with Crippen molar-refractivity contribution in [3.8, 4) is 22.8 Å². The van der Waals surface area contributed by atoms with Gasteiger partial charge in [-0.15, -0.1) is 0 Å². The van der Waals surface area contributed by atoms with Crippen LogP contribution in [0.4, 0.5) is 8.78 Å². The molecular weight excluding hydrogens is 528 g/mol. The third-order valence-electron chi connectivity index (χ3n) is 7.55. The Hall–Kier alpha value is -4.79. The first kappa shape index (κ1) is 26.4. The molecule has 0 saturated heterocycles. The molecule has 6 rings (SSSR count). The number of nitrogens with zero attached hydrogens (tertiary/aromatic N) is 3. The maximum Gasteiger partial charge on any atom is 0.166 e. The third kappa shape index (κ3) is 5.11. The Morgan fingerprint density at radius 3 is 2.27 bits per heavy atom. The van der Waals surface area contributed by atoms with Crippen LogP contribution in [0.5, 0.6) is 11.5 Å². The minimum Gasteiger partial charge on any atom is -0.453 e. The van der Waals surface area contributed by atoms with Crippen LogP contribution in [0.25, 0.3) is 22.2 Å². The van der Waals surface area contributed by atoms with Crippen LogP contribution in [0.1, 0.15) is 35.4 Å². The summed E-state index contributed by atoms with van der Waals surface area (Å²) in [7, 11) is 0. The number of ether oxygens (including phenoxy) is 1. The average Bonchev–Trinajstić information content (AvgIpc) is 3.71. The molecule has 0 radical (unpaired) electrons. The molecule has 5 aromatic rings. The van der Waals surface area contributed by atoms with Gasteiger partial charge in [-0.2, -0.15) is 0 Å². The third-order valence-corrected chi connectivity index (χ3v) is 7.55. The van der Waals surface area contributed by atoms with Gasteiger partial charge in [0, 0.05) is 25.2 Å². The number of hydrogen-bond donors (Lipinski definition) is 0. The predicted molar refractivity (Wildman–Crippen MR) is 146 cm³/mol. The van der Waals surface area contributed by atoms with Crippen LogP contribution in [0.2, 0.25) is 0 Å². The Morgan fingerprint density at radius 1 is 0.902 bits per heavy atom. The molecule has 0 N–H and O–H groups in total. The van der Waals surface area contributed by atoms with Gasteiger partial charge in [0.25, 0.3) is 0 Å². The molecule has 0 bridgehead atoms. The Labute approximate surface area is 234 Å². The molecule has 9 heteroatoms. The van der Waals surface area contributed by atoms with Crippen LogP contribution in [-0.4, -0.2) is 26.7 Å². The lowest BCUT2D eigenvalue weighted by atomic mass is 9.88. The van der Waals surface area contributed by atoms with Crippen LogP contribution in [0, 0.1) is 30.9 Å². The van der Waals surface area contributed by atoms with Gasteiger partial charge in [-0.1, -0.05) is 23.4 Å². The van der Waals surface area contributed by atoms with Crippen molar-refractivity contribution in [2.45, 2.75) is 39.5 Å². The summed E-state index contributed by atoms with van der Waals surface area (Å²) < 4.78 is 39.5. The number of halogens is 2. The summed E-state index contributed by atoms with van der Waals surface area (Å²) in [6.07, 6.45) is 4.10. The van der Waals surface area contributed by atoms with E-state index in [4.69, 9.17) is 9.26 Å². The number of carbonyl (C=O) groups is 2. The predicted octanol–water partition coefficient (Wildman–Crippen LogP) is 6.68. The molecular formula is C32H25F2N3O4. The van der Waals surface area contributed by atoms with Gasteiger partial charge in [0.1, 0.15) is 17.3 Å². The maximum atomic E-state index is 15.1. The van der Waals surface area contributed by atoms with Crippen molar-refractivity contribution >= 4 is 22.5 Å². The summed E-state index contributed by atoms with van der Waals surface area (Å²) in [4.78, 5) is 35.0. The zero-order valence-electron chi connectivity index (χ0n) is 22.4. The van der Waals surface area contributed by atoms with Crippen molar-refractivity contribution < 1.29 is 27.6 Å². The Bertz CT molecular complexity index is 1790. The molecule has 1 fully saturated rings. The topological polar surface area (TPSA) is 95.2 Å². The van der Waals surface area contributed by atoms with Crippen molar-refractivity contribution in [2.75, 3.05) is 0 Å². The number of hydrogen-bond acceptors (Lipinski definition) is 7. The van der Waals surface area contributed by atoms with Gasteiger partial charge < -0.3 is 9.26 Å². The van der Waals surface area contributed by atoms with Crippen LogP contribution in [0.3, 0.4) is 0 Å². The van der Waals surface area contributed by atoms with Crippen LogP contribution in [0.15, 0.2) is 71.5 Å². The van der Waals surface area contributed by atoms with E-state index in [1.807, 2.05) is 13.8 Å². The highest BCUT2D eigenvalue weighted by molar-refractivity contribution is 6.11. The summed E-state index contributed by atoms with van der Waals surface area (Å²) >= 11 is 0. The van der Waals surface area contributed by atoms with Gasteiger partial charge in [0.2, 0.25) is 0 Å². The summed E-state index contributed by atoms with van der Waals surface area (Å²) in [5, 5.41) is 4.57. The molecule has 206 valence electrons. The summed E-state index contributed by atoms with van der Waals surface area (Å²) in [6.45, 7) is 3.64. The smallest absolute Gasteiger partial charge is 0.166 e. The molecule has 0 unspecified atom stereocenters. The molecule has 3 heterocycles. The highest BCUT2D eigenvalue weighted by Gasteiger charge is 2.54. The molecule has 41 heavy (non-hydrogen) atoms. The molecule has 1 saturated carbocycles. The minimum atomic E-state index is -1.05. The second-order valence-electron chi connectivity index (χ2n) is 10.4. The molecule has 1 aliphatic carbocycles. The number of rotatable bonds is 9. The summed E-state index contributed by atoms with van der Waals surface area (Å²) in [6, 6.07) is 13.4. The summed E-state index contributed by atoms with van der Waals surface area (Å²) in [5.74, 6) is -0.446. The van der Waals surface area contributed by atoms with E-state index in [9.17, 15) is 14.0 Å². The lowest BCUT2D eigenvalue weighted by Crippen LogP contribution is -2.28. The first-order chi connectivity index (χ1) is 19.7. The number of Topliss-reactive ketones (excluding diaryl/α,β-unsaturated/α-hetero) is 2. The number of benzene rings is 2. The van der Waals surface area contributed by atoms with E-state index in [-0.39, 0.29) is 36.0 Å². The fourth-order valence-electron chi connectivity index (χ4n) is 5.10. The monoisotopic (exact) mass is 553 g/mol. The van der Waals surface area contributed by atoms with E-state index in [0.29, 0.717) is 57.8 Å². The van der Waals surface area contributed by atoms with Crippen molar-refractivity contribution in [3.05, 3.63) is 101 Å². The number of aromatic nitrogens is 3. The lowest BCUT2D eigenvalue weighted by Gasteiger charge is -2.14. The van der Waals surface area contributed by atoms with Gasteiger partial charge in [-0.05, 0) is 74.2 Å². The normalized spacial score (nSPS) is 13.8. The van der Waals surface area contributed by atoms with Gasteiger partial charge >= 0.3 is 0 Å². The SMILES string of the molecule is Cc1noc(C)c1-c1cc2nccc(Oc3ccc(CC(=O)C4(C(=O)Cc5ccc(F)cc5)CC4)cc3F)c2cn1. The number of aryl methyl sites for hydroxylation is 2. The fraction of sp³-hybridized carbons (Fsp3) is 0.219.